The summed E-state index contributed by atoms with van der Waals surface area (Å²) in [4.78, 5) is 12.0. The van der Waals surface area contributed by atoms with Gasteiger partial charge in [-0.25, -0.2) is 0 Å². The predicted octanol–water partition coefficient (Wildman–Crippen LogP) is 2.53. The van der Waals surface area contributed by atoms with Crippen molar-refractivity contribution in [1.29, 1.82) is 0 Å². The van der Waals surface area contributed by atoms with E-state index in [1.54, 1.807) is 0 Å². The smallest absolute Gasteiger partial charge is 0.362 e. The zero-order valence-electron chi connectivity index (χ0n) is 11.7. The number of alkyl halides is 3. The first-order valence-corrected chi connectivity index (χ1v) is 6.79. The molecule has 1 saturated carbocycles. The summed E-state index contributed by atoms with van der Waals surface area (Å²) < 4.78 is 40.2. The molecule has 114 valence electrons. The Hall–Kier alpha value is -1.11. The lowest BCUT2D eigenvalue weighted by molar-refractivity contribution is -0.318. The molecular weight excluding hydrogens is 273 g/mol. The molecule has 0 saturated heterocycles. The fourth-order valence-electron chi connectivity index (χ4n) is 2.87. The summed E-state index contributed by atoms with van der Waals surface area (Å²) in [5.74, 6) is -2.54. The van der Waals surface area contributed by atoms with E-state index in [-0.39, 0.29) is 23.1 Å². The summed E-state index contributed by atoms with van der Waals surface area (Å²) >= 11 is 0. The highest BCUT2D eigenvalue weighted by atomic mass is 19.4. The van der Waals surface area contributed by atoms with E-state index in [0.29, 0.717) is 6.42 Å². The maximum atomic E-state index is 13.4. The summed E-state index contributed by atoms with van der Waals surface area (Å²) in [6, 6.07) is 0. The van der Waals surface area contributed by atoms with Crippen LogP contribution in [-0.2, 0) is 4.79 Å². The Labute approximate surface area is 115 Å². The normalized spacial score (nSPS) is 34.2. The van der Waals surface area contributed by atoms with Gasteiger partial charge < -0.3 is 5.11 Å². The van der Waals surface area contributed by atoms with E-state index in [0.717, 1.165) is 6.42 Å². The molecular formula is C13H19F3N2O2. The Morgan fingerprint density at radius 1 is 1.50 bits per heavy atom. The molecule has 0 radical (unpaired) electrons. The van der Waals surface area contributed by atoms with E-state index >= 15 is 0 Å². The van der Waals surface area contributed by atoms with Gasteiger partial charge in [0.05, 0.1) is 5.92 Å². The molecule has 1 amide bonds. The molecule has 1 fully saturated rings. The van der Waals surface area contributed by atoms with Crippen molar-refractivity contribution in [1.82, 2.24) is 5.01 Å². The standard InChI is InChI=1S/C13H19F3N2O2/c1-7(2)11(19)18-12(20,13(14,15)16)9-6-8(3)4-5-10(9)17-18/h7-9,20H,4-6H2,1-3H3/t8-,9-,12-/m1/s1. The van der Waals surface area contributed by atoms with Crippen LogP contribution in [0.25, 0.3) is 0 Å². The molecule has 0 unspecified atom stereocenters. The number of carbonyl (C=O) groups excluding carboxylic acids is 1. The number of fused-ring (bicyclic) bond motifs is 1. The van der Waals surface area contributed by atoms with E-state index in [4.69, 9.17) is 0 Å². The van der Waals surface area contributed by atoms with Crippen molar-refractivity contribution < 1.29 is 23.1 Å². The SMILES string of the molecule is CC(C)C(=O)N1N=C2CC[C@@H](C)C[C@H]2[C@@]1(O)C(F)(F)F. The van der Waals surface area contributed by atoms with Gasteiger partial charge in [0.2, 0.25) is 5.91 Å². The molecule has 2 rings (SSSR count). The average molecular weight is 292 g/mol. The lowest BCUT2D eigenvalue weighted by Gasteiger charge is -2.39. The van der Waals surface area contributed by atoms with Gasteiger partial charge in [-0.05, 0) is 25.2 Å². The van der Waals surface area contributed by atoms with Gasteiger partial charge in [0, 0.05) is 11.6 Å². The van der Waals surface area contributed by atoms with Crippen LogP contribution in [0.5, 0.6) is 0 Å². The molecule has 1 heterocycles. The summed E-state index contributed by atoms with van der Waals surface area (Å²) in [6.45, 7) is 4.83. The van der Waals surface area contributed by atoms with Crippen molar-refractivity contribution in [2.75, 3.05) is 0 Å². The lowest BCUT2D eigenvalue weighted by Crippen LogP contribution is -2.62. The minimum atomic E-state index is -4.93. The molecule has 2 aliphatic rings. The van der Waals surface area contributed by atoms with Crippen LogP contribution in [0.1, 0.15) is 40.0 Å². The number of rotatable bonds is 1. The highest BCUT2D eigenvalue weighted by Crippen LogP contribution is 2.49. The Morgan fingerprint density at radius 3 is 2.60 bits per heavy atom. The first-order valence-electron chi connectivity index (χ1n) is 6.79. The maximum Gasteiger partial charge on any atom is 0.439 e. The molecule has 0 aromatic heterocycles. The number of hydrazone groups is 1. The molecule has 0 aromatic carbocycles. The molecule has 0 spiro atoms. The van der Waals surface area contributed by atoms with Crippen molar-refractivity contribution in [2.24, 2.45) is 22.9 Å². The first-order chi connectivity index (χ1) is 9.09. The van der Waals surface area contributed by atoms with E-state index in [9.17, 15) is 23.1 Å². The largest absolute Gasteiger partial charge is 0.439 e. The Bertz CT molecular complexity index is 447. The Balaban J connectivity index is 2.45. The van der Waals surface area contributed by atoms with Crippen LogP contribution in [0.3, 0.4) is 0 Å². The van der Waals surface area contributed by atoms with Crippen LogP contribution in [0, 0.1) is 17.8 Å². The average Bonchev–Trinajstić information content (AvgIpc) is 2.62. The fourth-order valence-corrected chi connectivity index (χ4v) is 2.87. The van der Waals surface area contributed by atoms with Gasteiger partial charge >= 0.3 is 6.18 Å². The molecule has 1 N–H and O–H groups in total. The van der Waals surface area contributed by atoms with Gasteiger partial charge in [0.25, 0.3) is 5.72 Å². The second-order valence-electron chi connectivity index (χ2n) is 6.05. The molecule has 1 aliphatic carbocycles. The van der Waals surface area contributed by atoms with Gasteiger partial charge in [-0.2, -0.15) is 23.3 Å². The Kier molecular flexibility index (Phi) is 3.60. The zero-order valence-corrected chi connectivity index (χ0v) is 11.7. The second-order valence-corrected chi connectivity index (χ2v) is 6.05. The highest BCUT2D eigenvalue weighted by Gasteiger charge is 2.68. The number of halogens is 3. The molecule has 0 aromatic rings. The van der Waals surface area contributed by atoms with Gasteiger partial charge in [-0.3, -0.25) is 4.79 Å². The summed E-state index contributed by atoms with van der Waals surface area (Å²) in [5.41, 5.74) is -2.91. The van der Waals surface area contributed by atoms with Crippen molar-refractivity contribution >= 4 is 11.6 Å². The quantitative estimate of drug-likeness (QED) is 0.807. The van der Waals surface area contributed by atoms with Crippen molar-refractivity contribution in [3.8, 4) is 0 Å². The van der Waals surface area contributed by atoms with E-state index < -0.39 is 29.6 Å². The van der Waals surface area contributed by atoms with Crippen LogP contribution in [0.2, 0.25) is 0 Å². The van der Waals surface area contributed by atoms with Crippen LogP contribution in [0.4, 0.5) is 13.2 Å². The number of hydrogen-bond acceptors (Lipinski definition) is 3. The second kappa shape index (κ2) is 4.72. The summed E-state index contributed by atoms with van der Waals surface area (Å²) in [6.07, 6.45) is -3.61. The van der Waals surface area contributed by atoms with Gasteiger partial charge in [-0.15, -0.1) is 0 Å². The lowest BCUT2D eigenvalue weighted by atomic mass is 9.76. The molecule has 20 heavy (non-hydrogen) atoms. The van der Waals surface area contributed by atoms with Gasteiger partial charge in [0.15, 0.2) is 0 Å². The molecule has 1 aliphatic heterocycles. The number of aliphatic hydroxyl groups is 1. The zero-order chi connectivity index (χ0) is 15.3. The third kappa shape index (κ3) is 2.12. The number of carbonyl (C=O) groups is 1. The van der Waals surface area contributed by atoms with Crippen LogP contribution >= 0.6 is 0 Å². The van der Waals surface area contributed by atoms with Gasteiger partial charge in [0.1, 0.15) is 0 Å². The number of amides is 1. The number of nitrogens with zero attached hydrogens (tertiary/aromatic N) is 2. The third-order valence-corrected chi connectivity index (χ3v) is 4.09. The molecule has 0 bridgehead atoms. The van der Waals surface area contributed by atoms with E-state index in [1.807, 2.05) is 6.92 Å². The van der Waals surface area contributed by atoms with E-state index in [1.165, 1.54) is 13.8 Å². The number of hydrogen-bond donors (Lipinski definition) is 1. The minimum absolute atomic E-state index is 0.0712. The summed E-state index contributed by atoms with van der Waals surface area (Å²) in [7, 11) is 0. The molecule has 4 nitrogen and oxygen atoms in total. The minimum Gasteiger partial charge on any atom is -0.362 e. The maximum absolute atomic E-state index is 13.4. The third-order valence-electron chi connectivity index (χ3n) is 4.09. The predicted molar refractivity (Wildman–Crippen MR) is 66.6 cm³/mol. The first kappa shape index (κ1) is 15.3. The monoisotopic (exact) mass is 292 g/mol. The topological polar surface area (TPSA) is 52.9 Å². The van der Waals surface area contributed by atoms with Crippen molar-refractivity contribution in [3.05, 3.63) is 0 Å². The van der Waals surface area contributed by atoms with Gasteiger partial charge in [-0.1, -0.05) is 20.8 Å². The fraction of sp³-hybridized carbons (Fsp3) is 0.846. The Morgan fingerprint density at radius 2 is 2.10 bits per heavy atom. The van der Waals surface area contributed by atoms with E-state index in [2.05, 4.69) is 5.10 Å². The highest BCUT2D eigenvalue weighted by molar-refractivity contribution is 5.93. The molecule has 7 heteroatoms. The van der Waals surface area contributed by atoms with Crippen LogP contribution < -0.4 is 0 Å². The van der Waals surface area contributed by atoms with Crippen molar-refractivity contribution in [2.45, 2.75) is 51.9 Å². The van der Waals surface area contributed by atoms with Crippen LogP contribution in [-0.4, -0.2) is 33.6 Å². The van der Waals surface area contributed by atoms with Crippen molar-refractivity contribution in [3.63, 3.8) is 0 Å². The molecule has 3 atom stereocenters. The van der Waals surface area contributed by atoms with Crippen LogP contribution in [0.15, 0.2) is 5.10 Å². The summed E-state index contributed by atoms with van der Waals surface area (Å²) in [5, 5.41) is 14.4.